The number of amides is 1. The van der Waals surface area contributed by atoms with Gasteiger partial charge in [-0.2, -0.15) is 0 Å². The van der Waals surface area contributed by atoms with Gasteiger partial charge in [-0.3, -0.25) is 4.79 Å². The van der Waals surface area contributed by atoms with E-state index in [1.165, 1.54) is 11.3 Å². The number of benzene rings is 1. The summed E-state index contributed by atoms with van der Waals surface area (Å²) in [6, 6.07) is 7.52. The van der Waals surface area contributed by atoms with E-state index in [-0.39, 0.29) is 5.91 Å². The van der Waals surface area contributed by atoms with Gasteiger partial charge in [-0.15, -0.1) is 10.2 Å². The zero-order valence-electron chi connectivity index (χ0n) is 11.2. The maximum Gasteiger partial charge on any atom is 0.226 e. The molecule has 2 aromatic rings. The predicted octanol–water partition coefficient (Wildman–Crippen LogP) is 3.72. The van der Waals surface area contributed by atoms with Gasteiger partial charge in [0.25, 0.3) is 0 Å². The lowest BCUT2D eigenvalue weighted by atomic mass is 10.1. The van der Waals surface area contributed by atoms with Gasteiger partial charge in [-0.05, 0) is 30.5 Å². The van der Waals surface area contributed by atoms with E-state index in [1.54, 1.807) is 0 Å². The first-order chi connectivity index (χ1) is 9.67. The Bertz CT molecular complexity index is 568. The van der Waals surface area contributed by atoms with E-state index in [9.17, 15) is 4.79 Å². The summed E-state index contributed by atoms with van der Waals surface area (Å²) in [7, 11) is 0. The monoisotopic (exact) mass is 309 g/mol. The van der Waals surface area contributed by atoms with E-state index >= 15 is 0 Å². The first-order valence-corrected chi connectivity index (χ1v) is 7.73. The molecule has 2 rings (SSSR count). The number of hydrogen-bond acceptors (Lipinski definition) is 4. The molecule has 1 N–H and O–H groups in total. The van der Waals surface area contributed by atoms with E-state index in [2.05, 4.69) is 22.4 Å². The minimum atomic E-state index is -0.0425. The van der Waals surface area contributed by atoms with Crippen LogP contribution in [0, 0.1) is 0 Å². The number of anilines is 1. The third kappa shape index (κ3) is 4.58. The van der Waals surface area contributed by atoms with Crippen molar-refractivity contribution in [1.82, 2.24) is 10.2 Å². The number of nitrogens with zero attached hydrogens (tertiary/aromatic N) is 2. The van der Waals surface area contributed by atoms with Gasteiger partial charge < -0.3 is 5.32 Å². The molecule has 106 valence electrons. The summed E-state index contributed by atoms with van der Waals surface area (Å²) >= 11 is 7.25. The van der Waals surface area contributed by atoms with Crippen molar-refractivity contribution in [3.63, 3.8) is 0 Å². The van der Waals surface area contributed by atoms with Crippen LogP contribution in [0.25, 0.3) is 0 Å². The molecule has 4 nitrogen and oxygen atoms in total. The van der Waals surface area contributed by atoms with Crippen molar-refractivity contribution < 1.29 is 4.79 Å². The summed E-state index contributed by atoms with van der Waals surface area (Å²) in [5.74, 6) is -0.0425. The van der Waals surface area contributed by atoms with Crippen LogP contribution in [-0.4, -0.2) is 16.1 Å². The molecule has 0 saturated heterocycles. The molecule has 0 fully saturated rings. The molecule has 1 heterocycles. The largest absolute Gasteiger partial charge is 0.301 e. The molecule has 6 heteroatoms. The van der Waals surface area contributed by atoms with Crippen molar-refractivity contribution in [2.45, 2.75) is 32.6 Å². The van der Waals surface area contributed by atoms with Crippen molar-refractivity contribution in [2.24, 2.45) is 0 Å². The Morgan fingerprint density at radius 1 is 1.25 bits per heavy atom. The molecule has 0 atom stereocenters. The smallest absolute Gasteiger partial charge is 0.226 e. The highest BCUT2D eigenvalue weighted by atomic mass is 35.5. The Morgan fingerprint density at radius 2 is 2.00 bits per heavy atom. The fourth-order valence-electron chi connectivity index (χ4n) is 1.71. The minimum Gasteiger partial charge on any atom is -0.301 e. The van der Waals surface area contributed by atoms with Crippen LogP contribution in [0.1, 0.15) is 30.3 Å². The van der Waals surface area contributed by atoms with E-state index < -0.39 is 0 Å². The third-order valence-corrected chi connectivity index (χ3v) is 3.88. The van der Waals surface area contributed by atoms with E-state index in [4.69, 9.17) is 11.6 Å². The average molecular weight is 310 g/mol. The van der Waals surface area contributed by atoms with Gasteiger partial charge in [0.15, 0.2) is 0 Å². The molecule has 0 aliphatic rings. The molecule has 1 aromatic carbocycles. The maximum absolute atomic E-state index is 11.8. The van der Waals surface area contributed by atoms with Crippen LogP contribution < -0.4 is 5.32 Å². The molecule has 0 radical (unpaired) electrons. The van der Waals surface area contributed by atoms with Crippen molar-refractivity contribution >= 4 is 34.0 Å². The molecule has 1 aromatic heterocycles. The van der Waals surface area contributed by atoms with Crippen molar-refractivity contribution in [1.29, 1.82) is 0 Å². The van der Waals surface area contributed by atoms with Crippen LogP contribution in [-0.2, 0) is 17.6 Å². The van der Waals surface area contributed by atoms with Gasteiger partial charge in [0.05, 0.1) is 0 Å². The molecule has 0 saturated carbocycles. The van der Waals surface area contributed by atoms with Crippen molar-refractivity contribution in [3.8, 4) is 0 Å². The molecule has 0 spiro atoms. The summed E-state index contributed by atoms with van der Waals surface area (Å²) in [6.45, 7) is 2.09. The molecule has 1 amide bonds. The lowest BCUT2D eigenvalue weighted by Gasteiger charge is -2.02. The molecule has 0 unspecified atom stereocenters. The SMILES string of the molecule is CCCc1nnc(NC(=O)CCc2ccc(Cl)cc2)s1. The highest BCUT2D eigenvalue weighted by Crippen LogP contribution is 2.17. The molecule has 20 heavy (non-hydrogen) atoms. The lowest BCUT2D eigenvalue weighted by Crippen LogP contribution is -2.12. The summed E-state index contributed by atoms with van der Waals surface area (Å²) in [6.07, 6.45) is 3.03. The topological polar surface area (TPSA) is 54.9 Å². The number of rotatable bonds is 6. The van der Waals surface area contributed by atoms with Crippen LogP contribution in [0.3, 0.4) is 0 Å². The van der Waals surface area contributed by atoms with Crippen LogP contribution >= 0.6 is 22.9 Å². The van der Waals surface area contributed by atoms with Gasteiger partial charge in [-0.1, -0.05) is 42.0 Å². The highest BCUT2D eigenvalue weighted by Gasteiger charge is 2.08. The van der Waals surface area contributed by atoms with Gasteiger partial charge in [0.1, 0.15) is 5.01 Å². The fourth-order valence-corrected chi connectivity index (χ4v) is 2.69. The zero-order chi connectivity index (χ0) is 14.4. The maximum atomic E-state index is 11.8. The Labute approximate surface area is 127 Å². The van der Waals surface area contributed by atoms with E-state index in [1.807, 2.05) is 24.3 Å². The molecule has 0 bridgehead atoms. The van der Waals surface area contributed by atoms with E-state index in [0.29, 0.717) is 23.0 Å². The van der Waals surface area contributed by atoms with Gasteiger partial charge in [0.2, 0.25) is 11.0 Å². The standard InChI is InChI=1S/C14H16ClN3OS/c1-2-3-13-17-18-14(20-13)16-12(19)9-6-10-4-7-11(15)8-5-10/h4-5,7-8H,2-3,6,9H2,1H3,(H,16,18,19). The van der Waals surface area contributed by atoms with Crippen LogP contribution in [0.15, 0.2) is 24.3 Å². The summed E-state index contributed by atoms with van der Waals surface area (Å²) in [4.78, 5) is 11.8. The van der Waals surface area contributed by atoms with Crippen molar-refractivity contribution in [2.75, 3.05) is 5.32 Å². The van der Waals surface area contributed by atoms with Crippen LogP contribution in [0.5, 0.6) is 0 Å². The molecule has 0 aliphatic carbocycles. The zero-order valence-corrected chi connectivity index (χ0v) is 12.8. The minimum absolute atomic E-state index is 0.0425. The highest BCUT2D eigenvalue weighted by molar-refractivity contribution is 7.15. The number of aryl methyl sites for hydroxylation is 2. The van der Waals surface area contributed by atoms with Gasteiger partial charge in [0, 0.05) is 17.9 Å². The summed E-state index contributed by atoms with van der Waals surface area (Å²) in [5, 5.41) is 13.0. The Morgan fingerprint density at radius 3 is 2.70 bits per heavy atom. The number of carbonyl (C=O) groups is 1. The fraction of sp³-hybridized carbons (Fsp3) is 0.357. The third-order valence-electron chi connectivity index (χ3n) is 2.73. The number of halogens is 1. The van der Waals surface area contributed by atoms with Crippen LogP contribution in [0.4, 0.5) is 5.13 Å². The second-order valence-corrected chi connectivity index (χ2v) is 5.92. The second-order valence-electron chi connectivity index (χ2n) is 4.43. The Hall–Kier alpha value is -1.46. The van der Waals surface area contributed by atoms with Crippen LogP contribution in [0.2, 0.25) is 5.02 Å². The molecular formula is C14H16ClN3OS. The lowest BCUT2D eigenvalue weighted by molar-refractivity contribution is -0.116. The second kappa shape index (κ2) is 7.36. The average Bonchev–Trinajstić information content (AvgIpc) is 2.86. The van der Waals surface area contributed by atoms with Gasteiger partial charge >= 0.3 is 0 Å². The normalized spacial score (nSPS) is 10.5. The summed E-state index contributed by atoms with van der Waals surface area (Å²) < 4.78 is 0. The number of carbonyl (C=O) groups excluding carboxylic acids is 1. The van der Waals surface area contributed by atoms with E-state index in [0.717, 1.165) is 23.4 Å². The number of aromatic nitrogens is 2. The number of hydrogen-bond donors (Lipinski definition) is 1. The first kappa shape index (κ1) is 14.9. The Kier molecular flexibility index (Phi) is 5.49. The van der Waals surface area contributed by atoms with Crippen molar-refractivity contribution in [3.05, 3.63) is 39.9 Å². The molecule has 0 aliphatic heterocycles. The molecular weight excluding hydrogens is 294 g/mol. The summed E-state index contributed by atoms with van der Waals surface area (Å²) in [5.41, 5.74) is 1.09. The predicted molar refractivity (Wildman–Crippen MR) is 82.3 cm³/mol. The van der Waals surface area contributed by atoms with Gasteiger partial charge in [-0.25, -0.2) is 0 Å². The number of nitrogens with one attached hydrogen (secondary N) is 1. The Balaban J connectivity index is 1.81. The first-order valence-electron chi connectivity index (χ1n) is 6.54. The quantitative estimate of drug-likeness (QED) is 0.885.